The Bertz CT molecular complexity index is 662. The number of hydrogen-bond acceptors (Lipinski definition) is 3. The lowest BCUT2D eigenvalue weighted by molar-refractivity contribution is 0.0697. The Balaban J connectivity index is 2.30. The fraction of sp³-hybridized carbons (Fsp3) is 0.0667. The van der Waals surface area contributed by atoms with Crippen molar-refractivity contribution in [2.45, 2.75) is 6.92 Å². The summed E-state index contributed by atoms with van der Waals surface area (Å²) in [5.41, 5.74) is 1.22. The van der Waals surface area contributed by atoms with Crippen LogP contribution in [-0.2, 0) is 0 Å². The Morgan fingerprint density at radius 1 is 1.05 bits per heavy atom. The van der Waals surface area contributed by atoms with Crippen LogP contribution < -0.4 is 5.32 Å². The number of hydrogen-bond donors (Lipinski definition) is 3. The van der Waals surface area contributed by atoms with Crippen LogP contribution in [0.5, 0.6) is 5.75 Å². The van der Waals surface area contributed by atoms with Crippen molar-refractivity contribution < 1.29 is 19.8 Å². The molecule has 0 bridgehead atoms. The SMILES string of the molecule is Cc1cccc(NC(=O)c2ccc(O)cc2)c1C(=O)O. The molecule has 20 heavy (non-hydrogen) atoms. The van der Waals surface area contributed by atoms with E-state index in [2.05, 4.69) is 5.32 Å². The number of carboxylic acid groups (broad SMARTS) is 1. The molecule has 0 spiro atoms. The van der Waals surface area contributed by atoms with Crippen LogP contribution in [0.1, 0.15) is 26.3 Å². The molecule has 0 saturated heterocycles. The van der Waals surface area contributed by atoms with E-state index in [9.17, 15) is 19.8 Å². The van der Waals surface area contributed by atoms with Gasteiger partial charge in [-0.2, -0.15) is 0 Å². The Kier molecular flexibility index (Phi) is 3.70. The lowest BCUT2D eigenvalue weighted by Crippen LogP contribution is -2.15. The molecule has 0 radical (unpaired) electrons. The number of anilines is 1. The second kappa shape index (κ2) is 5.44. The highest BCUT2D eigenvalue weighted by Gasteiger charge is 2.15. The molecule has 0 unspecified atom stereocenters. The Labute approximate surface area is 115 Å². The number of carbonyl (C=O) groups is 2. The van der Waals surface area contributed by atoms with Gasteiger partial charge in [-0.3, -0.25) is 4.79 Å². The normalized spacial score (nSPS) is 10.1. The zero-order valence-electron chi connectivity index (χ0n) is 10.8. The molecule has 0 saturated carbocycles. The van der Waals surface area contributed by atoms with Gasteiger partial charge in [-0.25, -0.2) is 4.79 Å². The summed E-state index contributed by atoms with van der Waals surface area (Å²) in [6, 6.07) is 10.6. The topological polar surface area (TPSA) is 86.6 Å². The molecule has 0 heterocycles. The van der Waals surface area contributed by atoms with Crippen molar-refractivity contribution in [2.75, 3.05) is 5.32 Å². The summed E-state index contributed by atoms with van der Waals surface area (Å²) in [4.78, 5) is 23.2. The smallest absolute Gasteiger partial charge is 0.338 e. The van der Waals surface area contributed by atoms with E-state index >= 15 is 0 Å². The highest BCUT2D eigenvalue weighted by atomic mass is 16.4. The molecule has 102 valence electrons. The quantitative estimate of drug-likeness (QED) is 0.801. The van der Waals surface area contributed by atoms with E-state index in [1.165, 1.54) is 30.3 Å². The lowest BCUT2D eigenvalue weighted by atomic mass is 10.1. The number of benzene rings is 2. The maximum atomic E-state index is 12.0. The first-order chi connectivity index (χ1) is 9.49. The molecule has 2 rings (SSSR count). The maximum Gasteiger partial charge on any atom is 0.338 e. The summed E-state index contributed by atoms with van der Waals surface area (Å²) in [6.07, 6.45) is 0. The zero-order chi connectivity index (χ0) is 14.7. The molecule has 0 fully saturated rings. The number of aryl methyl sites for hydroxylation is 1. The number of carbonyl (C=O) groups excluding carboxylic acids is 1. The van der Waals surface area contributed by atoms with E-state index in [0.29, 0.717) is 11.1 Å². The standard InChI is InChI=1S/C15H13NO4/c1-9-3-2-4-12(13(9)15(19)20)16-14(18)10-5-7-11(17)8-6-10/h2-8,17H,1H3,(H,16,18)(H,19,20). The average Bonchev–Trinajstić information content (AvgIpc) is 2.39. The maximum absolute atomic E-state index is 12.0. The van der Waals surface area contributed by atoms with Crippen molar-refractivity contribution in [3.05, 3.63) is 59.2 Å². The second-order valence-electron chi connectivity index (χ2n) is 4.30. The van der Waals surface area contributed by atoms with Gasteiger partial charge in [0.05, 0.1) is 11.3 Å². The van der Waals surface area contributed by atoms with Crippen LogP contribution >= 0.6 is 0 Å². The lowest BCUT2D eigenvalue weighted by Gasteiger charge is -2.10. The first-order valence-electron chi connectivity index (χ1n) is 5.92. The molecule has 0 aliphatic carbocycles. The molecule has 0 atom stereocenters. The van der Waals surface area contributed by atoms with Crippen molar-refractivity contribution >= 4 is 17.6 Å². The van der Waals surface area contributed by atoms with Gasteiger partial charge in [0, 0.05) is 5.56 Å². The average molecular weight is 271 g/mol. The monoisotopic (exact) mass is 271 g/mol. The van der Waals surface area contributed by atoms with E-state index in [1.54, 1.807) is 19.1 Å². The number of nitrogens with one attached hydrogen (secondary N) is 1. The van der Waals surface area contributed by atoms with Gasteiger partial charge >= 0.3 is 5.97 Å². The number of phenols is 1. The van der Waals surface area contributed by atoms with Crippen molar-refractivity contribution in [3.8, 4) is 5.75 Å². The van der Waals surface area contributed by atoms with E-state index in [0.717, 1.165) is 0 Å². The molecular weight excluding hydrogens is 258 g/mol. The van der Waals surface area contributed by atoms with Crippen molar-refractivity contribution in [3.63, 3.8) is 0 Å². The predicted octanol–water partition coefficient (Wildman–Crippen LogP) is 2.65. The third-order valence-corrected chi connectivity index (χ3v) is 2.86. The third-order valence-electron chi connectivity index (χ3n) is 2.86. The zero-order valence-corrected chi connectivity index (χ0v) is 10.8. The Morgan fingerprint density at radius 2 is 1.70 bits per heavy atom. The van der Waals surface area contributed by atoms with Crippen LogP contribution in [0.4, 0.5) is 5.69 Å². The van der Waals surface area contributed by atoms with Gasteiger partial charge in [0.15, 0.2) is 0 Å². The summed E-state index contributed by atoms with van der Waals surface area (Å²) in [6.45, 7) is 1.67. The number of carboxylic acids is 1. The summed E-state index contributed by atoms with van der Waals surface area (Å²) in [5.74, 6) is -1.47. The molecule has 2 aromatic carbocycles. The van der Waals surface area contributed by atoms with Crippen LogP contribution in [0, 0.1) is 6.92 Å². The van der Waals surface area contributed by atoms with Gasteiger partial charge in [-0.1, -0.05) is 12.1 Å². The summed E-state index contributed by atoms with van der Waals surface area (Å²) < 4.78 is 0. The molecule has 2 aromatic rings. The number of phenolic OH excluding ortho intramolecular Hbond substituents is 1. The minimum Gasteiger partial charge on any atom is -0.508 e. The third kappa shape index (κ3) is 2.77. The van der Waals surface area contributed by atoms with Gasteiger partial charge in [0.1, 0.15) is 5.75 Å². The molecular formula is C15H13NO4. The van der Waals surface area contributed by atoms with Crippen molar-refractivity contribution in [2.24, 2.45) is 0 Å². The van der Waals surface area contributed by atoms with Gasteiger partial charge in [0.2, 0.25) is 0 Å². The first-order valence-corrected chi connectivity index (χ1v) is 5.92. The summed E-state index contributed by atoms with van der Waals surface area (Å²) in [5, 5.41) is 20.9. The van der Waals surface area contributed by atoms with Crippen LogP contribution in [-0.4, -0.2) is 22.1 Å². The number of rotatable bonds is 3. The number of aromatic hydroxyl groups is 1. The Hall–Kier alpha value is -2.82. The second-order valence-corrected chi connectivity index (χ2v) is 4.30. The van der Waals surface area contributed by atoms with Crippen LogP contribution in [0.15, 0.2) is 42.5 Å². The van der Waals surface area contributed by atoms with Gasteiger partial charge in [0.25, 0.3) is 5.91 Å². The fourth-order valence-electron chi connectivity index (χ4n) is 1.86. The fourth-order valence-corrected chi connectivity index (χ4v) is 1.86. The molecule has 5 nitrogen and oxygen atoms in total. The highest BCUT2D eigenvalue weighted by molar-refractivity contribution is 6.08. The largest absolute Gasteiger partial charge is 0.508 e. The minimum absolute atomic E-state index is 0.0586. The van der Waals surface area contributed by atoms with E-state index in [-0.39, 0.29) is 17.0 Å². The first kappa shape index (κ1) is 13.6. The molecule has 5 heteroatoms. The van der Waals surface area contributed by atoms with Gasteiger partial charge < -0.3 is 15.5 Å². The van der Waals surface area contributed by atoms with Crippen LogP contribution in [0.2, 0.25) is 0 Å². The van der Waals surface area contributed by atoms with E-state index in [1.807, 2.05) is 0 Å². The molecule has 0 aliphatic rings. The highest BCUT2D eigenvalue weighted by Crippen LogP contribution is 2.20. The van der Waals surface area contributed by atoms with Gasteiger partial charge in [-0.05, 0) is 42.8 Å². The number of aromatic carboxylic acids is 1. The predicted molar refractivity (Wildman–Crippen MR) is 74.2 cm³/mol. The molecule has 1 amide bonds. The van der Waals surface area contributed by atoms with Crippen LogP contribution in [0.3, 0.4) is 0 Å². The van der Waals surface area contributed by atoms with Crippen molar-refractivity contribution in [1.29, 1.82) is 0 Å². The minimum atomic E-state index is -1.09. The van der Waals surface area contributed by atoms with E-state index < -0.39 is 11.9 Å². The number of amides is 1. The molecule has 0 aromatic heterocycles. The van der Waals surface area contributed by atoms with Crippen LogP contribution in [0.25, 0.3) is 0 Å². The van der Waals surface area contributed by atoms with E-state index in [4.69, 9.17) is 0 Å². The molecule has 3 N–H and O–H groups in total. The van der Waals surface area contributed by atoms with Gasteiger partial charge in [-0.15, -0.1) is 0 Å². The Morgan fingerprint density at radius 3 is 2.30 bits per heavy atom. The summed E-state index contributed by atoms with van der Waals surface area (Å²) in [7, 11) is 0. The molecule has 0 aliphatic heterocycles. The summed E-state index contributed by atoms with van der Waals surface area (Å²) >= 11 is 0. The van der Waals surface area contributed by atoms with Crippen molar-refractivity contribution in [1.82, 2.24) is 0 Å².